The van der Waals surface area contributed by atoms with E-state index in [0.717, 1.165) is 11.5 Å². The maximum atomic E-state index is 8.65. The van der Waals surface area contributed by atoms with Crippen LogP contribution in [0.5, 0.6) is 0 Å². The fourth-order valence-electron chi connectivity index (χ4n) is 0.908. The quantitative estimate of drug-likeness (QED) is 0.570. The van der Waals surface area contributed by atoms with E-state index >= 15 is 0 Å². The van der Waals surface area contributed by atoms with Crippen molar-refractivity contribution in [2.75, 3.05) is 6.61 Å². The Morgan fingerprint density at radius 3 is 3.20 bits per heavy atom. The Hall–Kier alpha value is -1.29. The molecule has 2 heterocycles. The molecule has 2 rings (SSSR count). The monoisotopic (exact) mass is 136 g/mol. The van der Waals surface area contributed by atoms with E-state index in [1.165, 1.54) is 0 Å². The highest BCUT2D eigenvalue weighted by Crippen LogP contribution is 2.21. The third-order valence-corrected chi connectivity index (χ3v) is 1.37. The number of aromatic nitrogens is 2. The number of rotatable bonds is 1. The Bertz CT molecular complexity index is 276. The van der Waals surface area contributed by atoms with Crippen LogP contribution in [0.2, 0.25) is 0 Å². The first-order valence-corrected chi connectivity index (χ1v) is 2.96. The second kappa shape index (κ2) is 1.85. The van der Waals surface area contributed by atoms with Crippen molar-refractivity contribution in [1.82, 2.24) is 15.3 Å². The minimum Gasteiger partial charge on any atom is -0.390 e. The molecule has 0 amide bonds. The molecule has 1 radical (unpaired) electrons. The fourth-order valence-corrected chi connectivity index (χ4v) is 0.908. The van der Waals surface area contributed by atoms with Gasteiger partial charge in [-0.3, -0.25) is 0 Å². The zero-order valence-electron chi connectivity index (χ0n) is 5.20. The van der Waals surface area contributed by atoms with E-state index in [2.05, 4.69) is 15.3 Å². The molecule has 0 bridgehead atoms. The van der Waals surface area contributed by atoms with Gasteiger partial charge >= 0.3 is 0 Å². The molecule has 4 nitrogen and oxygen atoms in total. The van der Waals surface area contributed by atoms with Crippen molar-refractivity contribution >= 4 is 11.9 Å². The van der Waals surface area contributed by atoms with Gasteiger partial charge in [-0.05, 0) is 6.08 Å². The normalized spacial score (nSPS) is 14.3. The summed E-state index contributed by atoms with van der Waals surface area (Å²) < 4.78 is 0. The molecule has 0 spiro atoms. The van der Waals surface area contributed by atoms with Gasteiger partial charge in [0.05, 0.1) is 18.6 Å². The first-order chi connectivity index (χ1) is 4.90. The first kappa shape index (κ1) is 5.49. The van der Waals surface area contributed by atoms with Crippen molar-refractivity contribution < 1.29 is 5.11 Å². The lowest BCUT2D eigenvalue weighted by atomic mass is 10.4. The van der Waals surface area contributed by atoms with Gasteiger partial charge in [0.2, 0.25) is 0 Å². The van der Waals surface area contributed by atoms with Crippen molar-refractivity contribution in [2.24, 2.45) is 0 Å². The molecule has 2 N–H and O–H groups in total. The van der Waals surface area contributed by atoms with Gasteiger partial charge in [-0.25, -0.2) is 10.3 Å². The van der Waals surface area contributed by atoms with Crippen LogP contribution in [0.4, 0.5) is 5.82 Å². The van der Waals surface area contributed by atoms with E-state index in [1.807, 2.05) is 0 Å². The smallest absolute Gasteiger partial charge is 0.157 e. The molecule has 0 aliphatic carbocycles. The van der Waals surface area contributed by atoms with Gasteiger partial charge in [-0.15, -0.1) is 0 Å². The molecule has 4 heteroatoms. The summed E-state index contributed by atoms with van der Waals surface area (Å²) in [5.41, 5.74) is 1.47. The zero-order chi connectivity index (χ0) is 6.97. The molecule has 0 fully saturated rings. The summed E-state index contributed by atoms with van der Waals surface area (Å²) in [5, 5.41) is 12.7. The maximum absolute atomic E-state index is 8.65. The molecule has 0 saturated heterocycles. The molecule has 1 aliphatic rings. The Morgan fingerprint density at radius 2 is 2.50 bits per heavy atom. The number of aromatic amines is 1. The number of H-pyrrole nitrogens is 1. The summed E-state index contributed by atoms with van der Waals surface area (Å²) in [7, 11) is 0. The Labute approximate surface area is 57.6 Å². The van der Waals surface area contributed by atoms with Crippen LogP contribution >= 0.6 is 0 Å². The molecule has 0 aromatic carbocycles. The van der Waals surface area contributed by atoms with Crippen LogP contribution in [0.25, 0.3) is 6.08 Å². The Kier molecular flexibility index (Phi) is 1.01. The first-order valence-electron chi connectivity index (χ1n) is 2.96. The average molecular weight is 136 g/mol. The van der Waals surface area contributed by atoms with Crippen LogP contribution in [0.15, 0.2) is 12.0 Å². The van der Waals surface area contributed by atoms with Gasteiger partial charge in [-0.1, -0.05) is 0 Å². The van der Waals surface area contributed by atoms with Gasteiger partial charge in [0.15, 0.2) is 5.82 Å². The SMILES string of the molecule is OCC1=Cc2nc[nH]c2[N]1. The lowest BCUT2D eigenvalue weighted by Gasteiger charge is -1.92. The lowest BCUT2D eigenvalue weighted by Crippen LogP contribution is -1.97. The molecule has 10 heavy (non-hydrogen) atoms. The van der Waals surface area contributed by atoms with E-state index in [9.17, 15) is 0 Å². The highest BCUT2D eigenvalue weighted by atomic mass is 16.3. The largest absolute Gasteiger partial charge is 0.390 e. The van der Waals surface area contributed by atoms with Crippen molar-refractivity contribution in [2.45, 2.75) is 0 Å². The molecule has 0 atom stereocenters. The second-order valence-electron chi connectivity index (χ2n) is 2.04. The number of nitrogens with one attached hydrogen (secondary N) is 1. The van der Waals surface area contributed by atoms with Crippen molar-refractivity contribution in [3.8, 4) is 0 Å². The van der Waals surface area contributed by atoms with E-state index in [-0.39, 0.29) is 6.61 Å². The highest BCUT2D eigenvalue weighted by Gasteiger charge is 2.14. The van der Waals surface area contributed by atoms with Crippen LogP contribution in [0, 0.1) is 0 Å². The summed E-state index contributed by atoms with van der Waals surface area (Å²) >= 11 is 0. The number of aliphatic hydroxyl groups is 1. The van der Waals surface area contributed by atoms with Gasteiger partial charge in [0, 0.05) is 0 Å². The van der Waals surface area contributed by atoms with E-state index in [0.29, 0.717) is 5.70 Å². The minimum atomic E-state index is -0.0236. The molecule has 1 aromatic heterocycles. The number of fused-ring (bicyclic) bond motifs is 1. The molecule has 0 saturated carbocycles. The van der Waals surface area contributed by atoms with Crippen LogP contribution < -0.4 is 5.32 Å². The predicted octanol–water partition coefficient (Wildman–Crippen LogP) is -0.00760. The zero-order valence-corrected chi connectivity index (χ0v) is 5.20. The Morgan fingerprint density at radius 1 is 1.60 bits per heavy atom. The number of nitrogens with zero attached hydrogens (tertiary/aromatic N) is 2. The van der Waals surface area contributed by atoms with Crippen LogP contribution in [0.1, 0.15) is 5.69 Å². The molecule has 0 unspecified atom stereocenters. The number of hydrogen-bond acceptors (Lipinski definition) is 2. The minimum absolute atomic E-state index is 0.0236. The van der Waals surface area contributed by atoms with Gasteiger partial charge < -0.3 is 10.1 Å². The summed E-state index contributed by atoms with van der Waals surface area (Å²) in [6.45, 7) is -0.0236. The van der Waals surface area contributed by atoms with Gasteiger partial charge in [0.1, 0.15) is 5.69 Å². The number of aliphatic hydroxyl groups excluding tert-OH is 1. The van der Waals surface area contributed by atoms with E-state index in [4.69, 9.17) is 5.11 Å². The predicted molar refractivity (Wildman–Crippen MR) is 35.4 cm³/mol. The summed E-state index contributed by atoms with van der Waals surface area (Å²) in [5.74, 6) is 0.740. The maximum Gasteiger partial charge on any atom is 0.157 e. The summed E-state index contributed by atoms with van der Waals surface area (Å²) in [4.78, 5) is 6.80. The van der Waals surface area contributed by atoms with E-state index < -0.39 is 0 Å². The highest BCUT2D eigenvalue weighted by molar-refractivity contribution is 5.65. The summed E-state index contributed by atoms with van der Waals surface area (Å²) in [6, 6.07) is 0. The second-order valence-corrected chi connectivity index (χ2v) is 2.04. The third kappa shape index (κ3) is 0.625. The molecule has 1 aliphatic heterocycles. The standard InChI is InChI=1S/C6H6N3O/c10-2-4-1-5-6(9-4)8-3-7-5/h1,3,10H,2H2,(H,7,8). The van der Waals surface area contributed by atoms with Gasteiger partial charge in [0.25, 0.3) is 0 Å². The van der Waals surface area contributed by atoms with Crippen LogP contribution in [0.3, 0.4) is 0 Å². The topological polar surface area (TPSA) is 63.0 Å². The van der Waals surface area contributed by atoms with Gasteiger partial charge in [-0.2, -0.15) is 0 Å². The van der Waals surface area contributed by atoms with Crippen LogP contribution in [-0.4, -0.2) is 21.7 Å². The summed E-state index contributed by atoms with van der Waals surface area (Å²) in [6.07, 6.45) is 3.34. The van der Waals surface area contributed by atoms with Crippen molar-refractivity contribution in [3.05, 3.63) is 17.7 Å². The number of hydrogen-bond donors (Lipinski definition) is 2. The average Bonchev–Trinajstić information content (AvgIpc) is 2.42. The lowest BCUT2D eigenvalue weighted by molar-refractivity contribution is 0.326. The van der Waals surface area contributed by atoms with E-state index in [1.54, 1.807) is 12.4 Å². The van der Waals surface area contributed by atoms with Crippen molar-refractivity contribution in [1.29, 1.82) is 0 Å². The molecule has 51 valence electrons. The fraction of sp³-hybridized carbons (Fsp3) is 0.167. The molecular weight excluding hydrogens is 130 g/mol. The number of imidazole rings is 1. The van der Waals surface area contributed by atoms with Crippen molar-refractivity contribution in [3.63, 3.8) is 0 Å². The third-order valence-electron chi connectivity index (χ3n) is 1.37. The Balaban J connectivity index is 2.36. The molecule has 1 aromatic rings. The molecular formula is C6H6N3O. The van der Waals surface area contributed by atoms with Crippen LogP contribution in [-0.2, 0) is 0 Å².